The van der Waals surface area contributed by atoms with Crippen molar-refractivity contribution in [1.29, 1.82) is 0 Å². The summed E-state index contributed by atoms with van der Waals surface area (Å²) in [7, 11) is 0. The van der Waals surface area contributed by atoms with E-state index in [1.807, 2.05) is 65.7 Å². The zero-order valence-electron chi connectivity index (χ0n) is 14.0. The lowest BCUT2D eigenvalue weighted by molar-refractivity contribution is 0.0717. The summed E-state index contributed by atoms with van der Waals surface area (Å²) >= 11 is 2.99. The normalized spacial score (nSPS) is 13.6. The van der Waals surface area contributed by atoms with Gasteiger partial charge in [-0.1, -0.05) is 12.1 Å². The highest BCUT2D eigenvalue weighted by Gasteiger charge is 2.34. The van der Waals surface area contributed by atoms with Gasteiger partial charge in [0.2, 0.25) is 0 Å². The molecule has 2 N–H and O–H groups in total. The smallest absolute Gasteiger partial charge is 0.270 e. The number of hydrogen-bond acceptors (Lipinski definition) is 5. The van der Waals surface area contributed by atoms with Crippen LogP contribution < -0.4 is 5.32 Å². The molecule has 0 aliphatic rings. The van der Waals surface area contributed by atoms with Crippen molar-refractivity contribution in [2.75, 3.05) is 6.54 Å². The standard InChI is InChI=1S/C19H17N3O2S2/c1-13-17(22-8-3-2-6-16(22)21-13)18(23)20-12-19(24,14-7-10-25-11-14)15-5-4-9-26-15/h2-11,24H,12H2,1H3,(H,20,23). The molecule has 0 spiro atoms. The van der Waals surface area contributed by atoms with Crippen LogP contribution in [0.15, 0.2) is 58.7 Å². The first kappa shape index (κ1) is 17.0. The number of aromatic nitrogens is 2. The number of carbonyl (C=O) groups is 1. The molecule has 4 heterocycles. The third kappa shape index (κ3) is 2.84. The Hall–Kier alpha value is -2.48. The lowest BCUT2D eigenvalue weighted by atomic mass is 9.94. The first-order valence-corrected chi connectivity index (χ1v) is 9.93. The summed E-state index contributed by atoms with van der Waals surface area (Å²) in [5.41, 5.74) is 1.39. The highest BCUT2D eigenvalue weighted by atomic mass is 32.1. The summed E-state index contributed by atoms with van der Waals surface area (Å²) in [6.45, 7) is 1.90. The van der Waals surface area contributed by atoms with Crippen LogP contribution in [0, 0.1) is 6.92 Å². The van der Waals surface area contributed by atoms with Crippen LogP contribution >= 0.6 is 22.7 Å². The number of pyridine rings is 1. The molecule has 132 valence electrons. The number of aliphatic hydroxyl groups is 1. The van der Waals surface area contributed by atoms with E-state index in [0.717, 1.165) is 16.1 Å². The average molecular weight is 383 g/mol. The Morgan fingerprint density at radius 3 is 2.88 bits per heavy atom. The van der Waals surface area contributed by atoms with Crippen molar-refractivity contribution in [2.24, 2.45) is 0 Å². The molecule has 4 aromatic heterocycles. The summed E-state index contributed by atoms with van der Waals surface area (Å²) in [6, 6.07) is 11.3. The zero-order chi connectivity index (χ0) is 18.1. The van der Waals surface area contributed by atoms with Gasteiger partial charge in [0, 0.05) is 16.6 Å². The maximum absolute atomic E-state index is 12.8. The highest BCUT2D eigenvalue weighted by molar-refractivity contribution is 7.10. The van der Waals surface area contributed by atoms with Crippen molar-refractivity contribution in [3.8, 4) is 0 Å². The molecule has 0 saturated heterocycles. The summed E-state index contributed by atoms with van der Waals surface area (Å²) in [6.07, 6.45) is 1.81. The molecule has 5 nitrogen and oxygen atoms in total. The topological polar surface area (TPSA) is 66.6 Å². The van der Waals surface area contributed by atoms with Gasteiger partial charge in [-0.25, -0.2) is 4.98 Å². The van der Waals surface area contributed by atoms with E-state index in [2.05, 4.69) is 10.3 Å². The Kier molecular flexibility index (Phi) is 4.36. The van der Waals surface area contributed by atoms with Crippen LogP contribution in [0.25, 0.3) is 5.65 Å². The van der Waals surface area contributed by atoms with E-state index in [1.54, 1.807) is 4.40 Å². The van der Waals surface area contributed by atoms with Crippen LogP contribution in [0.4, 0.5) is 0 Å². The second kappa shape index (κ2) is 6.68. The van der Waals surface area contributed by atoms with Gasteiger partial charge >= 0.3 is 0 Å². The molecule has 7 heteroatoms. The maximum atomic E-state index is 12.8. The first-order valence-electron chi connectivity index (χ1n) is 8.10. The fourth-order valence-corrected chi connectivity index (χ4v) is 4.59. The van der Waals surface area contributed by atoms with Gasteiger partial charge < -0.3 is 10.4 Å². The van der Waals surface area contributed by atoms with Crippen molar-refractivity contribution >= 4 is 34.2 Å². The monoisotopic (exact) mass is 383 g/mol. The summed E-state index contributed by atoms with van der Waals surface area (Å²) in [4.78, 5) is 18.1. The molecular formula is C19H17N3O2S2. The molecular weight excluding hydrogens is 366 g/mol. The van der Waals surface area contributed by atoms with E-state index < -0.39 is 5.60 Å². The SMILES string of the molecule is Cc1nc2ccccn2c1C(=O)NCC(O)(c1ccsc1)c1cccs1. The van der Waals surface area contributed by atoms with Gasteiger partial charge in [0.25, 0.3) is 5.91 Å². The summed E-state index contributed by atoms with van der Waals surface area (Å²) in [5, 5.41) is 20.0. The van der Waals surface area contributed by atoms with Crippen LogP contribution in [0.3, 0.4) is 0 Å². The van der Waals surface area contributed by atoms with Crippen molar-refractivity contribution in [3.63, 3.8) is 0 Å². The van der Waals surface area contributed by atoms with Gasteiger partial charge in [-0.05, 0) is 47.3 Å². The predicted octanol–water partition coefficient (Wildman–Crippen LogP) is 3.43. The minimum absolute atomic E-state index is 0.0859. The van der Waals surface area contributed by atoms with Gasteiger partial charge in [0.05, 0.1) is 12.2 Å². The third-order valence-electron chi connectivity index (χ3n) is 4.35. The number of nitrogens with zero attached hydrogens (tertiary/aromatic N) is 2. The van der Waals surface area contributed by atoms with Crippen LogP contribution in [0.2, 0.25) is 0 Å². The van der Waals surface area contributed by atoms with E-state index >= 15 is 0 Å². The van der Waals surface area contributed by atoms with E-state index in [-0.39, 0.29) is 12.5 Å². The Labute approximate surface area is 158 Å². The Morgan fingerprint density at radius 2 is 2.15 bits per heavy atom. The van der Waals surface area contributed by atoms with Crippen LogP contribution in [-0.2, 0) is 5.60 Å². The molecule has 26 heavy (non-hydrogen) atoms. The number of amides is 1. The molecule has 1 unspecified atom stereocenters. The largest absolute Gasteiger partial charge is 0.378 e. The number of fused-ring (bicyclic) bond motifs is 1. The molecule has 1 atom stereocenters. The second-order valence-electron chi connectivity index (χ2n) is 6.01. The minimum atomic E-state index is -1.25. The maximum Gasteiger partial charge on any atom is 0.270 e. The molecule has 4 rings (SSSR count). The fourth-order valence-electron chi connectivity index (χ4n) is 3.02. The molecule has 0 aliphatic carbocycles. The molecule has 1 amide bonds. The third-order valence-corrected chi connectivity index (χ3v) is 6.06. The number of thiophene rings is 2. The van der Waals surface area contributed by atoms with Crippen molar-refractivity contribution in [3.05, 3.63) is 80.6 Å². The fraction of sp³-hybridized carbons (Fsp3) is 0.158. The van der Waals surface area contributed by atoms with E-state index in [1.165, 1.54) is 22.7 Å². The number of rotatable bonds is 5. The number of carbonyl (C=O) groups excluding carboxylic acids is 1. The van der Waals surface area contributed by atoms with E-state index in [4.69, 9.17) is 0 Å². The molecule has 0 bridgehead atoms. The minimum Gasteiger partial charge on any atom is -0.378 e. The zero-order valence-corrected chi connectivity index (χ0v) is 15.7. The average Bonchev–Trinajstić information content (AvgIpc) is 3.39. The predicted molar refractivity (Wildman–Crippen MR) is 104 cm³/mol. The van der Waals surface area contributed by atoms with Crippen LogP contribution in [0.5, 0.6) is 0 Å². The molecule has 0 radical (unpaired) electrons. The van der Waals surface area contributed by atoms with Gasteiger partial charge in [-0.15, -0.1) is 11.3 Å². The summed E-state index contributed by atoms with van der Waals surface area (Å²) < 4.78 is 1.76. The van der Waals surface area contributed by atoms with Gasteiger partial charge in [0.15, 0.2) is 0 Å². The number of hydrogen-bond donors (Lipinski definition) is 2. The lowest BCUT2D eigenvalue weighted by Crippen LogP contribution is -2.41. The molecule has 4 aromatic rings. The molecule has 0 fully saturated rings. The first-order chi connectivity index (χ1) is 12.6. The Balaban J connectivity index is 1.64. The molecule has 0 saturated carbocycles. The number of nitrogens with one attached hydrogen (secondary N) is 1. The quantitative estimate of drug-likeness (QED) is 0.555. The second-order valence-corrected chi connectivity index (χ2v) is 7.73. The Bertz CT molecular complexity index is 1000. The van der Waals surface area contributed by atoms with Gasteiger partial charge in [0.1, 0.15) is 16.9 Å². The highest BCUT2D eigenvalue weighted by Crippen LogP contribution is 2.33. The number of aryl methyl sites for hydroxylation is 1. The lowest BCUT2D eigenvalue weighted by Gasteiger charge is -2.27. The number of imidazole rings is 1. The summed E-state index contributed by atoms with van der Waals surface area (Å²) in [5.74, 6) is -0.258. The van der Waals surface area contributed by atoms with Crippen molar-refractivity contribution in [2.45, 2.75) is 12.5 Å². The van der Waals surface area contributed by atoms with Gasteiger partial charge in [-0.3, -0.25) is 9.20 Å². The van der Waals surface area contributed by atoms with E-state index in [0.29, 0.717) is 11.4 Å². The Morgan fingerprint density at radius 1 is 1.27 bits per heavy atom. The van der Waals surface area contributed by atoms with Crippen molar-refractivity contribution < 1.29 is 9.90 Å². The van der Waals surface area contributed by atoms with Crippen LogP contribution in [-0.4, -0.2) is 26.9 Å². The van der Waals surface area contributed by atoms with Crippen molar-refractivity contribution in [1.82, 2.24) is 14.7 Å². The molecule has 0 aliphatic heterocycles. The van der Waals surface area contributed by atoms with E-state index in [9.17, 15) is 9.90 Å². The molecule has 0 aromatic carbocycles. The van der Waals surface area contributed by atoms with Crippen LogP contribution in [0.1, 0.15) is 26.6 Å². The van der Waals surface area contributed by atoms with Gasteiger partial charge in [-0.2, -0.15) is 11.3 Å².